The number of fused-ring (bicyclic) bond motifs is 1. The second-order valence-electron chi connectivity index (χ2n) is 10.5. The Hall–Kier alpha value is -5.12. The molecule has 0 spiro atoms. The van der Waals surface area contributed by atoms with Gasteiger partial charge in [-0.1, -0.05) is 71.5 Å². The average molecular weight is 652 g/mol. The van der Waals surface area contributed by atoms with Crippen LogP contribution in [0.2, 0.25) is 5.02 Å². The average Bonchev–Trinajstić information content (AvgIpc) is 3.38. The molecule has 0 aliphatic carbocycles. The van der Waals surface area contributed by atoms with Gasteiger partial charge in [-0.25, -0.2) is 4.99 Å². The first-order valence-corrected chi connectivity index (χ1v) is 15.6. The van der Waals surface area contributed by atoms with E-state index in [-0.39, 0.29) is 11.5 Å². The van der Waals surface area contributed by atoms with Crippen LogP contribution in [0.5, 0.6) is 17.2 Å². The fourth-order valence-corrected chi connectivity index (χ4v) is 6.39. The van der Waals surface area contributed by atoms with Gasteiger partial charge in [0.25, 0.3) is 11.5 Å². The van der Waals surface area contributed by atoms with Crippen LogP contribution in [0.15, 0.2) is 118 Å². The molecule has 10 heteroatoms. The molecule has 0 radical (unpaired) electrons. The van der Waals surface area contributed by atoms with Gasteiger partial charge in [0.1, 0.15) is 12.4 Å². The Balaban J connectivity index is 1.38. The highest BCUT2D eigenvalue weighted by Gasteiger charge is 2.32. The highest BCUT2D eigenvalue weighted by molar-refractivity contribution is 7.07. The summed E-state index contributed by atoms with van der Waals surface area (Å²) in [7, 11) is 3.16. The number of carbonyl (C=O) groups is 1. The largest absolute Gasteiger partial charge is 0.497 e. The lowest BCUT2D eigenvalue weighted by molar-refractivity contribution is -0.113. The maximum Gasteiger partial charge on any atom is 0.271 e. The van der Waals surface area contributed by atoms with Crippen LogP contribution in [0.1, 0.15) is 29.7 Å². The van der Waals surface area contributed by atoms with E-state index in [0.717, 1.165) is 16.7 Å². The van der Waals surface area contributed by atoms with Crippen molar-refractivity contribution in [2.45, 2.75) is 19.6 Å². The Labute approximate surface area is 274 Å². The summed E-state index contributed by atoms with van der Waals surface area (Å²) in [6, 6.07) is 28.8. The molecular weight excluding hydrogens is 622 g/mol. The lowest BCUT2D eigenvalue weighted by Crippen LogP contribution is -2.40. The highest BCUT2D eigenvalue weighted by atomic mass is 35.5. The number of ether oxygens (including phenoxy) is 3. The zero-order valence-corrected chi connectivity index (χ0v) is 26.9. The summed E-state index contributed by atoms with van der Waals surface area (Å²) in [5.74, 6) is 1.44. The van der Waals surface area contributed by atoms with Crippen LogP contribution >= 0.6 is 22.9 Å². The summed E-state index contributed by atoms with van der Waals surface area (Å²) in [6.45, 7) is 2.14. The summed E-state index contributed by atoms with van der Waals surface area (Å²) >= 11 is 7.26. The van der Waals surface area contributed by atoms with Crippen molar-refractivity contribution in [3.05, 3.63) is 150 Å². The van der Waals surface area contributed by atoms with Crippen molar-refractivity contribution in [3.63, 3.8) is 0 Å². The van der Waals surface area contributed by atoms with Crippen LogP contribution in [-0.4, -0.2) is 24.7 Å². The van der Waals surface area contributed by atoms with Crippen LogP contribution in [-0.2, 0) is 11.4 Å². The third-order valence-electron chi connectivity index (χ3n) is 7.52. The molecule has 0 unspecified atom stereocenters. The molecule has 1 aliphatic rings. The molecule has 6 rings (SSSR count). The number of amides is 1. The molecule has 5 aromatic rings. The fraction of sp³-hybridized carbons (Fsp3) is 0.139. The third-order valence-corrected chi connectivity index (χ3v) is 8.76. The van der Waals surface area contributed by atoms with E-state index in [9.17, 15) is 9.59 Å². The maximum absolute atomic E-state index is 14.1. The molecule has 0 bridgehead atoms. The van der Waals surface area contributed by atoms with Crippen molar-refractivity contribution in [2.75, 3.05) is 19.5 Å². The van der Waals surface area contributed by atoms with Crippen molar-refractivity contribution in [3.8, 4) is 17.2 Å². The topological polar surface area (TPSA) is 91.2 Å². The van der Waals surface area contributed by atoms with E-state index in [0.29, 0.717) is 55.2 Å². The number of nitrogens with zero attached hydrogens (tertiary/aromatic N) is 2. The molecule has 4 aromatic carbocycles. The van der Waals surface area contributed by atoms with Crippen LogP contribution in [0.25, 0.3) is 6.08 Å². The number of thiazole rings is 1. The zero-order chi connectivity index (χ0) is 32.2. The van der Waals surface area contributed by atoms with Crippen molar-refractivity contribution < 1.29 is 19.0 Å². The molecule has 46 heavy (non-hydrogen) atoms. The van der Waals surface area contributed by atoms with Gasteiger partial charge in [-0.05, 0) is 78.2 Å². The van der Waals surface area contributed by atoms with Crippen molar-refractivity contribution in [1.82, 2.24) is 4.57 Å². The molecular formula is C36H30ClN3O5S. The minimum Gasteiger partial charge on any atom is -0.497 e. The first-order chi connectivity index (χ1) is 22.3. The van der Waals surface area contributed by atoms with Gasteiger partial charge in [0.05, 0.1) is 36.1 Å². The quantitative estimate of drug-likeness (QED) is 0.207. The number of benzene rings is 4. The fourth-order valence-electron chi connectivity index (χ4n) is 5.22. The number of methoxy groups -OCH3 is 2. The number of nitrogens with one attached hydrogen (secondary N) is 1. The van der Waals surface area contributed by atoms with Gasteiger partial charge in [-0.2, -0.15) is 0 Å². The van der Waals surface area contributed by atoms with E-state index < -0.39 is 6.04 Å². The van der Waals surface area contributed by atoms with Gasteiger partial charge in [0.15, 0.2) is 16.3 Å². The van der Waals surface area contributed by atoms with E-state index in [1.54, 1.807) is 31.8 Å². The van der Waals surface area contributed by atoms with Gasteiger partial charge >= 0.3 is 0 Å². The first-order valence-electron chi connectivity index (χ1n) is 14.4. The lowest BCUT2D eigenvalue weighted by Gasteiger charge is -2.25. The monoisotopic (exact) mass is 651 g/mol. The highest BCUT2D eigenvalue weighted by Crippen LogP contribution is 2.32. The van der Waals surface area contributed by atoms with Crippen molar-refractivity contribution in [1.29, 1.82) is 0 Å². The molecule has 1 aromatic heterocycles. The second kappa shape index (κ2) is 13.5. The summed E-state index contributed by atoms with van der Waals surface area (Å²) in [6.07, 6.45) is 1.80. The Bertz CT molecular complexity index is 2100. The standard InChI is InChI=1S/C36H30ClN3O5S/c1-22-32(34(41)39-27-7-5-4-6-8-27)33(25-12-16-28(43-2)17-13-25)40-35(42)31(46-36(40)38-22)20-24-11-18-29(30(19-24)44-3)45-21-23-9-14-26(37)15-10-23/h4-20,33H,21H2,1-3H3,(H,39,41)/b31-20+/t33-/m0/s1. The summed E-state index contributed by atoms with van der Waals surface area (Å²) < 4.78 is 19.0. The van der Waals surface area contributed by atoms with Crippen LogP contribution in [0.3, 0.4) is 0 Å². The minimum atomic E-state index is -0.703. The molecule has 1 amide bonds. The lowest BCUT2D eigenvalue weighted by atomic mass is 9.95. The summed E-state index contributed by atoms with van der Waals surface area (Å²) in [5, 5.41) is 3.63. The molecule has 8 nitrogen and oxygen atoms in total. The zero-order valence-electron chi connectivity index (χ0n) is 25.3. The molecule has 2 heterocycles. The Morgan fingerprint density at radius 2 is 1.70 bits per heavy atom. The SMILES string of the molecule is COc1ccc([C@H]2C(C(=O)Nc3ccccc3)=C(C)N=c3s/c(=C/c4ccc(OCc5ccc(Cl)cc5)c(OC)c4)c(=O)n32)cc1. The Morgan fingerprint density at radius 3 is 2.39 bits per heavy atom. The molecule has 1 aliphatic heterocycles. The van der Waals surface area contributed by atoms with Gasteiger partial charge in [0.2, 0.25) is 0 Å². The second-order valence-corrected chi connectivity index (χ2v) is 11.9. The molecule has 232 valence electrons. The number of rotatable bonds is 9. The predicted molar refractivity (Wildman–Crippen MR) is 181 cm³/mol. The number of allylic oxidation sites excluding steroid dienone is 1. The number of para-hydroxylation sites is 1. The Kier molecular flexibility index (Phi) is 9.05. The van der Waals surface area contributed by atoms with Crippen LogP contribution in [0.4, 0.5) is 5.69 Å². The third kappa shape index (κ3) is 6.47. The van der Waals surface area contributed by atoms with E-state index in [2.05, 4.69) is 5.32 Å². The number of anilines is 1. The van der Waals surface area contributed by atoms with Crippen LogP contribution in [0, 0.1) is 0 Å². The van der Waals surface area contributed by atoms with Crippen LogP contribution < -0.4 is 34.4 Å². The van der Waals surface area contributed by atoms with E-state index in [4.69, 9.17) is 30.8 Å². The number of aromatic nitrogens is 1. The molecule has 1 N–H and O–H groups in total. The normalized spacial score (nSPS) is 14.3. The molecule has 0 saturated carbocycles. The van der Waals surface area contributed by atoms with Crippen molar-refractivity contribution in [2.24, 2.45) is 4.99 Å². The van der Waals surface area contributed by atoms with Gasteiger partial charge < -0.3 is 19.5 Å². The predicted octanol–water partition coefficient (Wildman–Crippen LogP) is 6.12. The maximum atomic E-state index is 14.1. The minimum absolute atomic E-state index is 0.260. The van der Waals surface area contributed by atoms with E-state index in [1.165, 1.54) is 11.3 Å². The molecule has 1 atom stereocenters. The molecule has 0 saturated heterocycles. The van der Waals surface area contributed by atoms with Gasteiger partial charge in [-0.3, -0.25) is 14.2 Å². The number of hydrogen-bond donors (Lipinski definition) is 1. The van der Waals surface area contributed by atoms with E-state index >= 15 is 0 Å². The number of carbonyl (C=O) groups excluding carboxylic acids is 1. The number of hydrogen-bond acceptors (Lipinski definition) is 7. The number of halogens is 1. The summed E-state index contributed by atoms with van der Waals surface area (Å²) in [5.41, 5.74) is 3.78. The summed E-state index contributed by atoms with van der Waals surface area (Å²) in [4.78, 5) is 33.1. The van der Waals surface area contributed by atoms with E-state index in [1.807, 2.05) is 97.1 Å². The smallest absolute Gasteiger partial charge is 0.271 e. The van der Waals surface area contributed by atoms with Gasteiger partial charge in [0, 0.05) is 10.7 Å². The first kappa shape index (κ1) is 30.9. The van der Waals surface area contributed by atoms with Gasteiger partial charge in [-0.15, -0.1) is 0 Å². The molecule has 0 fully saturated rings. The Morgan fingerprint density at radius 1 is 0.957 bits per heavy atom. The van der Waals surface area contributed by atoms with Crippen molar-refractivity contribution >= 4 is 40.6 Å².